The number of H-pyrrole nitrogens is 1. The SMILES string of the molecule is CCCN1CCC(C(CO)NCc2ccccc2)CC1c1c[nH]c2ccc(-n3cnnc3)cc12. The second-order valence-corrected chi connectivity index (χ2v) is 9.33. The lowest BCUT2D eigenvalue weighted by molar-refractivity contribution is 0.0778. The largest absolute Gasteiger partial charge is 0.395 e. The number of piperidine rings is 1. The predicted molar refractivity (Wildman–Crippen MR) is 135 cm³/mol. The van der Waals surface area contributed by atoms with Gasteiger partial charge in [-0.25, -0.2) is 0 Å². The number of aromatic nitrogens is 4. The van der Waals surface area contributed by atoms with Gasteiger partial charge in [0.2, 0.25) is 0 Å². The fourth-order valence-electron chi connectivity index (χ4n) is 5.41. The van der Waals surface area contributed by atoms with Crippen LogP contribution in [0.2, 0.25) is 0 Å². The molecule has 2 aromatic heterocycles. The number of likely N-dealkylation sites (tertiary alicyclic amines) is 1. The van der Waals surface area contributed by atoms with E-state index in [-0.39, 0.29) is 12.6 Å². The summed E-state index contributed by atoms with van der Waals surface area (Å²) in [6.45, 7) is 5.31. The van der Waals surface area contributed by atoms with Gasteiger partial charge in [-0.2, -0.15) is 0 Å². The van der Waals surface area contributed by atoms with Crippen molar-refractivity contribution in [2.75, 3.05) is 19.7 Å². The summed E-state index contributed by atoms with van der Waals surface area (Å²) in [5.41, 5.74) is 4.79. The number of fused-ring (bicyclic) bond motifs is 1. The number of aliphatic hydroxyl groups is 1. The van der Waals surface area contributed by atoms with Crippen molar-refractivity contribution in [3.05, 3.63) is 78.5 Å². The Morgan fingerprint density at radius 3 is 2.74 bits per heavy atom. The maximum Gasteiger partial charge on any atom is 0.123 e. The first kappa shape index (κ1) is 22.8. The Kier molecular flexibility index (Phi) is 7.04. The van der Waals surface area contributed by atoms with E-state index in [0.29, 0.717) is 12.0 Å². The van der Waals surface area contributed by atoms with Crippen LogP contribution < -0.4 is 5.32 Å². The molecule has 1 fully saturated rings. The Morgan fingerprint density at radius 2 is 1.97 bits per heavy atom. The van der Waals surface area contributed by atoms with Gasteiger partial charge in [0.25, 0.3) is 0 Å². The molecule has 4 aromatic rings. The minimum absolute atomic E-state index is 0.0873. The fraction of sp³-hybridized carbons (Fsp3) is 0.407. The molecule has 0 saturated carbocycles. The Balaban J connectivity index is 1.40. The monoisotopic (exact) mass is 458 g/mol. The van der Waals surface area contributed by atoms with Crippen molar-refractivity contribution in [3.8, 4) is 5.69 Å². The summed E-state index contributed by atoms with van der Waals surface area (Å²) in [5, 5.41) is 23.1. The van der Waals surface area contributed by atoms with E-state index in [1.807, 2.05) is 10.6 Å². The van der Waals surface area contributed by atoms with Crippen LogP contribution in [0.25, 0.3) is 16.6 Å². The van der Waals surface area contributed by atoms with Gasteiger partial charge in [-0.05, 0) is 67.6 Å². The van der Waals surface area contributed by atoms with E-state index in [1.54, 1.807) is 12.7 Å². The molecule has 0 amide bonds. The van der Waals surface area contributed by atoms with Gasteiger partial charge in [0.15, 0.2) is 0 Å². The molecule has 1 aliphatic rings. The molecule has 3 atom stereocenters. The van der Waals surface area contributed by atoms with Gasteiger partial charge < -0.3 is 15.4 Å². The second-order valence-electron chi connectivity index (χ2n) is 9.33. The summed E-state index contributed by atoms with van der Waals surface area (Å²) in [6.07, 6.45) is 8.90. The van der Waals surface area contributed by atoms with Crippen LogP contribution >= 0.6 is 0 Å². The number of nitrogens with zero attached hydrogens (tertiary/aromatic N) is 4. The molecule has 7 nitrogen and oxygen atoms in total. The molecule has 0 aliphatic carbocycles. The average Bonchev–Trinajstić information content (AvgIpc) is 3.56. The summed E-state index contributed by atoms with van der Waals surface area (Å²) < 4.78 is 1.94. The summed E-state index contributed by atoms with van der Waals surface area (Å²) >= 11 is 0. The molecule has 34 heavy (non-hydrogen) atoms. The van der Waals surface area contributed by atoms with Crippen molar-refractivity contribution in [3.63, 3.8) is 0 Å². The van der Waals surface area contributed by atoms with E-state index in [0.717, 1.165) is 50.1 Å². The van der Waals surface area contributed by atoms with Gasteiger partial charge >= 0.3 is 0 Å². The zero-order chi connectivity index (χ0) is 23.3. The van der Waals surface area contributed by atoms with Crippen molar-refractivity contribution < 1.29 is 5.11 Å². The Bertz CT molecular complexity index is 1170. The zero-order valence-electron chi connectivity index (χ0n) is 19.8. The first-order chi connectivity index (χ1) is 16.8. The summed E-state index contributed by atoms with van der Waals surface area (Å²) in [6, 6.07) is 17.3. The van der Waals surface area contributed by atoms with Crippen molar-refractivity contribution in [1.82, 2.24) is 30.0 Å². The average molecular weight is 459 g/mol. The van der Waals surface area contributed by atoms with Crippen LogP contribution in [0.4, 0.5) is 0 Å². The van der Waals surface area contributed by atoms with E-state index >= 15 is 0 Å². The molecule has 2 aromatic carbocycles. The van der Waals surface area contributed by atoms with Crippen LogP contribution in [0.3, 0.4) is 0 Å². The van der Waals surface area contributed by atoms with E-state index in [4.69, 9.17) is 0 Å². The quantitative estimate of drug-likeness (QED) is 0.352. The standard InChI is InChI=1S/C27H34N6O/c1-2-11-32-12-10-21(26(17-34)28-15-20-6-4-3-5-7-20)13-27(32)24-16-29-25-9-8-22(14-23(24)25)33-18-30-31-19-33/h3-9,14,16,18-19,21,26-29,34H,2,10-13,15,17H2,1H3. The molecule has 1 aliphatic heterocycles. The van der Waals surface area contributed by atoms with Crippen molar-refractivity contribution in [1.29, 1.82) is 0 Å². The Labute approximate surface area is 200 Å². The molecular formula is C27H34N6O. The molecule has 5 rings (SSSR count). The number of benzene rings is 2. The van der Waals surface area contributed by atoms with Crippen LogP contribution in [-0.2, 0) is 6.54 Å². The minimum Gasteiger partial charge on any atom is -0.395 e. The van der Waals surface area contributed by atoms with Crippen LogP contribution in [-0.4, -0.2) is 55.5 Å². The molecule has 0 bridgehead atoms. The van der Waals surface area contributed by atoms with Crippen LogP contribution in [0.15, 0.2) is 67.4 Å². The summed E-state index contributed by atoms with van der Waals surface area (Å²) in [7, 11) is 0. The molecular weight excluding hydrogens is 424 g/mol. The fourth-order valence-corrected chi connectivity index (χ4v) is 5.41. The number of aromatic amines is 1. The lowest BCUT2D eigenvalue weighted by Crippen LogP contribution is -2.46. The lowest BCUT2D eigenvalue weighted by atomic mass is 9.82. The minimum atomic E-state index is 0.0873. The lowest BCUT2D eigenvalue weighted by Gasteiger charge is -2.42. The van der Waals surface area contributed by atoms with Gasteiger partial charge in [-0.3, -0.25) is 9.47 Å². The van der Waals surface area contributed by atoms with Crippen LogP contribution in [0.5, 0.6) is 0 Å². The normalized spacial score (nSPS) is 20.1. The van der Waals surface area contributed by atoms with Gasteiger partial charge in [0.05, 0.1) is 6.61 Å². The predicted octanol–water partition coefficient (Wildman–Crippen LogP) is 4.06. The molecule has 0 radical (unpaired) electrons. The maximum absolute atomic E-state index is 10.3. The summed E-state index contributed by atoms with van der Waals surface area (Å²) in [4.78, 5) is 6.11. The highest BCUT2D eigenvalue weighted by Gasteiger charge is 2.34. The number of rotatable bonds is 9. The van der Waals surface area contributed by atoms with Gasteiger partial charge in [-0.1, -0.05) is 37.3 Å². The summed E-state index contributed by atoms with van der Waals surface area (Å²) in [5.74, 6) is 0.415. The molecule has 0 spiro atoms. The van der Waals surface area contributed by atoms with Crippen molar-refractivity contribution in [2.45, 2.75) is 44.8 Å². The third-order valence-corrected chi connectivity index (χ3v) is 7.21. The second kappa shape index (κ2) is 10.5. The molecule has 3 N–H and O–H groups in total. The topological polar surface area (TPSA) is 82.0 Å². The zero-order valence-corrected chi connectivity index (χ0v) is 19.8. The van der Waals surface area contributed by atoms with Crippen molar-refractivity contribution in [2.24, 2.45) is 5.92 Å². The first-order valence-electron chi connectivity index (χ1n) is 12.3. The highest BCUT2D eigenvalue weighted by Crippen LogP contribution is 2.39. The maximum atomic E-state index is 10.3. The van der Waals surface area contributed by atoms with Crippen LogP contribution in [0, 0.1) is 5.92 Å². The molecule has 3 unspecified atom stereocenters. The Hall–Kier alpha value is -3.00. The van der Waals surface area contributed by atoms with Crippen LogP contribution in [0.1, 0.15) is 43.4 Å². The van der Waals surface area contributed by atoms with E-state index < -0.39 is 0 Å². The third kappa shape index (κ3) is 4.78. The molecule has 3 heterocycles. The van der Waals surface area contributed by atoms with Gasteiger partial charge in [0, 0.05) is 41.4 Å². The number of hydrogen-bond acceptors (Lipinski definition) is 5. The molecule has 7 heteroatoms. The molecule has 178 valence electrons. The highest BCUT2D eigenvalue weighted by atomic mass is 16.3. The smallest absolute Gasteiger partial charge is 0.123 e. The highest BCUT2D eigenvalue weighted by molar-refractivity contribution is 5.85. The first-order valence-corrected chi connectivity index (χ1v) is 12.3. The van der Waals surface area contributed by atoms with E-state index in [9.17, 15) is 5.11 Å². The number of nitrogens with one attached hydrogen (secondary N) is 2. The Morgan fingerprint density at radius 1 is 1.15 bits per heavy atom. The van der Waals surface area contributed by atoms with E-state index in [1.165, 1.54) is 16.5 Å². The third-order valence-electron chi connectivity index (χ3n) is 7.21. The number of aliphatic hydroxyl groups excluding tert-OH is 1. The van der Waals surface area contributed by atoms with Crippen molar-refractivity contribution >= 4 is 10.9 Å². The van der Waals surface area contributed by atoms with Gasteiger partial charge in [-0.15, -0.1) is 10.2 Å². The number of hydrogen-bond donors (Lipinski definition) is 3. The molecule has 1 saturated heterocycles. The van der Waals surface area contributed by atoms with E-state index in [2.05, 4.69) is 81.0 Å². The van der Waals surface area contributed by atoms with Gasteiger partial charge in [0.1, 0.15) is 12.7 Å².